The van der Waals surface area contributed by atoms with E-state index in [4.69, 9.17) is 4.74 Å². The lowest BCUT2D eigenvalue weighted by Crippen LogP contribution is -2.50. The van der Waals surface area contributed by atoms with Gasteiger partial charge in [0.1, 0.15) is 0 Å². The number of nitrogens with one attached hydrogen (secondary N) is 1. The Balaban J connectivity index is 1.56. The Labute approximate surface area is 166 Å². The number of aromatic nitrogens is 3. The lowest BCUT2D eigenvalue weighted by molar-refractivity contribution is -0.0891. The number of aryl methyl sites for hydroxylation is 1. The summed E-state index contributed by atoms with van der Waals surface area (Å²) in [5, 5.41) is 18.0. The van der Waals surface area contributed by atoms with Gasteiger partial charge < -0.3 is 9.84 Å². The van der Waals surface area contributed by atoms with E-state index in [1.54, 1.807) is 35.0 Å². The quantitative estimate of drug-likeness (QED) is 0.688. The second-order valence-electron chi connectivity index (χ2n) is 7.45. The highest BCUT2D eigenvalue weighted by Crippen LogP contribution is 2.24. The Morgan fingerprint density at radius 3 is 2.68 bits per heavy atom. The molecule has 154 valence electrons. The van der Waals surface area contributed by atoms with Gasteiger partial charge in [0.2, 0.25) is 10.0 Å². The third kappa shape index (κ3) is 5.16. The minimum Gasteiger partial charge on any atom is -0.394 e. The van der Waals surface area contributed by atoms with Crippen LogP contribution in [0.2, 0.25) is 0 Å². The van der Waals surface area contributed by atoms with Gasteiger partial charge in [-0.2, -0.15) is 0 Å². The molecule has 0 bridgehead atoms. The summed E-state index contributed by atoms with van der Waals surface area (Å²) < 4.78 is 35.5. The molecule has 1 saturated heterocycles. The van der Waals surface area contributed by atoms with Gasteiger partial charge in [0, 0.05) is 12.7 Å². The maximum absolute atomic E-state index is 12.5. The summed E-state index contributed by atoms with van der Waals surface area (Å²) in [5.74, 6) is 0.330. The molecular weight excluding hydrogens is 380 g/mol. The molecule has 2 heterocycles. The largest absolute Gasteiger partial charge is 0.394 e. The first-order valence-corrected chi connectivity index (χ1v) is 11.1. The summed E-state index contributed by atoms with van der Waals surface area (Å²) in [6.45, 7) is 4.57. The maximum Gasteiger partial charge on any atom is 0.240 e. The highest BCUT2D eigenvalue weighted by atomic mass is 32.2. The van der Waals surface area contributed by atoms with E-state index >= 15 is 0 Å². The van der Waals surface area contributed by atoms with Crippen LogP contribution in [0.5, 0.6) is 0 Å². The van der Waals surface area contributed by atoms with E-state index in [-0.39, 0.29) is 17.6 Å². The average molecular weight is 409 g/mol. The Bertz CT molecular complexity index is 854. The van der Waals surface area contributed by atoms with Crippen LogP contribution < -0.4 is 4.72 Å². The summed E-state index contributed by atoms with van der Waals surface area (Å²) in [5.41, 5.74) is 0.952. The number of hydrogen-bond donors (Lipinski definition) is 2. The van der Waals surface area contributed by atoms with Crippen molar-refractivity contribution < 1.29 is 18.3 Å². The Kier molecular flexibility index (Phi) is 6.82. The Morgan fingerprint density at radius 2 is 2.04 bits per heavy atom. The lowest BCUT2D eigenvalue weighted by atomic mass is 9.98. The van der Waals surface area contributed by atoms with Crippen molar-refractivity contribution in [3.8, 4) is 0 Å². The summed E-state index contributed by atoms with van der Waals surface area (Å²) in [6.07, 6.45) is 3.37. The number of aliphatic hydroxyl groups excluding tert-OH is 1. The molecule has 0 amide bonds. The van der Waals surface area contributed by atoms with Gasteiger partial charge in [0.15, 0.2) is 0 Å². The number of sulfonamides is 1. The van der Waals surface area contributed by atoms with Crippen molar-refractivity contribution in [3.05, 3.63) is 42.2 Å². The second-order valence-corrected chi connectivity index (χ2v) is 9.16. The fourth-order valence-electron chi connectivity index (χ4n) is 3.31. The molecule has 1 aromatic carbocycles. The third-order valence-electron chi connectivity index (χ3n) is 4.98. The SMILES string of the molecule is CC(C)c1cn(CC[C@@H]2CC[C@H](NS(=O)(=O)c3ccccc3)[C@H](CO)O2)nn1. The molecule has 2 aromatic rings. The molecule has 0 unspecified atom stereocenters. The van der Waals surface area contributed by atoms with Gasteiger partial charge in [0.25, 0.3) is 0 Å². The van der Waals surface area contributed by atoms with Crippen LogP contribution in [0.4, 0.5) is 0 Å². The molecule has 0 radical (unpaired) electrons. The first-order valence-electron chi connectivity index (χ1n) is 9.62. The van der Waals surface area contributed by atoms with E-state index in [0.717, 1.165) is 12.1 Å². The minimum atomic E-state index is -3.64. The van der Waals surface area contributed by atoms with Gasteiger partial charge in [-0.15, -0.1) is 5.10 Å². The molecule has 3 atom stereocenters. The van der Waals surface area contributed by atoms with Crippen LogP contribution in [0.3, 0.4) is 0 Å². The van der Waals surface area contributed by atoms with Gasteiger partial charge >= 0.3 is 0 Å². The highest BCUT2D eigenvalue weighted by molar-refractivity contribution is 7.89. The fourth-order valence-corrected chi connectivity index (χ4v) is 4.63. The van der Waals surface area contributed by atoms with Crippen LogP contribution in [0.15, 0.2) is 41.4 Å². The number of rotatable bonds is 8. The Hall–Kier alpha value is -1.81. The number of benzene rings is 1. The summed E-state index contributed by atoms with van der Waals surface area (Å²) in [4.78, 5) is 0.209. The Morgan fingerprint density at radius 1 is 1.29 bits per heavy atom. The van der Waals surface area contributed by atoms with Crippen molar-refractivity contribution in [1.82, 2.24) is 19.7 Å². The molecule has 1 aliphatic rings. The van der Waals surface area contributed by atoms with Gasteiger partial charge in [0.05, 0.1) is 35.4 Å². The normalized spacial score (nSPS) is 23.2. The van der Waals surface area contributed by atoms with E-state index in [9.17, 15) is 13.5 Å². The summed E-state index contributed by atoms with van der Waals surface area (Å²) in [6, 6.07) is 7.77. The molecule has 1 fully saturated rings. The highest BCUT2D eigenvalue weighted by Gasteiger charge is 2.33. The van der Waals surface area contributed by atoms with Crippen molar-refractivity contribution in [1.29, 1.82) is 0 Å². The van der Waals surface area contributed by atoms with Crippen LogP contribution in [-0.4, -0.2) is 53.4 Å². The third-order valence-corrected chi connectivity index (χ3v) is 6.49. The smallest absolute Gasteiger partial charge is 0.240 e. The van der Waals surface area contributed by atoms with Gasteiger partial charge in [-0.1, -0.05) is 37.3 Å². The first-order chi connectivity index (χ1) is 13.4. The van der Waals surface area contributed by atoms with Gasteiger partial charge in [-0.3, -0.25) is 4.68 Å². The number of ether oxygens (including phenoxy) is 1. The van der Waals surface area contributed by atoms with E-state index in [1.165, 1.54) is 0 Å². The summed E-state index contributed by atoms with van der Waals surface area (Å²) >= 11 is 0. The zero-order chi connectivity index (χ0) is 20.1. The van der Waals surface area contributed by atoms with E-state index in [1.807, 2.05) is 6.20 Å². The topological polar surface area (TPSA) is 106 Å². The van der Waals surface area contributed by atoms with Crippen LogP contribution in [0.1, 0.15) is 44.7 Å². The number of hydrogen-bond acceptors (Lipinski definition) is 6. The zero-order valence-corrected chi connectivity index (χ0v) is 17.0. The minimum absolute atomic E-state index is 0.0543. The molecule has 0 spiro atoms. The number of aliphatic hydroxyl groups is 1. The molecule has 3 rings (SSSR count). The second kappa shape index (κ2) is 9.13. The zero-order valence-electron chi connectivity index (χ0n) is 16.2. The van der Waals surface area contributed by atoms with E-state index in [2.05, 4.69) is 28.9 Å². The van der Waals surface area contributed by atoms with Crippen molar-refractivity contribution in [2.75, 3.05) is 6.61 Å². The molecular formula is C19H28N4O4S. The molecule has 2 N–H and O–H groups in total. The van der Waals surface area contributed by atoms with Crippen molar-refractivity contribution in [2.24, 2.45) is 0 Å². The molecule has 1 aromatic heterocycles. The standard InChI is InChI=1S/C19H28N4O4S/c1-14(2)18-12-23(22-20-18)11-10-15-8-9-17(19(13-24)27-15)21-28(25,26)16-6-4-3-5-7-16/h3-7,12,14-15,17,19,21,24H,8-11,13H2,1-2H3/t15-,17-,19-/m0/s1. The monoisotopic (exact) mass is 408 g/mol. The maximum atomic E-state index is 12.5. The van der Waals surface area contributed by atoms with Crippen LogP contribution in [-0.2, 0) is 21.3 Å². The lowest BCUT2D eigenvalue weighted by Gasteiger charge is -2.36. The van der Waals surface area contributed by atoms with Crippen molar-refractivity contribution >= 4 is 10.0 Å². The van der Waals surface area contributed by atoms with Crippen LogP contribution >= 0.6 is 0 Å². The summed E-state index contributed by atoms with van der Waals surface area (Å²) in [7, 11) is -3.64. The molecule has 28 heavy (non-hydrogen) atoms. The molecule has 0 aliphatic carbocycles. The number of nitrogens with zero attached hydrogens (tertiary/aromatic N) is 3. The predicted molar refractivity (Wildman–Crippen MR) is 104 cm³/mol. The van der Waals surface area contributed by atoms with E-state index in [0.29, 0.717) is 25.3 Å². The predicted octanol–water partition coefficient (Wildman–Crippen LogP) is 1.68. The molecule has 0 saturated carbocycles. The van der Waals surface area contributed by atoms with Gasteiger partial charge in [-0.05, 0) is 37.3 Å². The van der Waals surface area contributed by atoms with Crippen LogP contribution in [0.25, 0.3) is 0 Å². The first kappa shape index (κ1) is 20.9. The van der Waals surface area contributed by atoms with Crippen molar-refractivity contribution in [2.45, 2.75) is 68.7 Å². The van der Waals surface area contributed by atoms with Crippen molar-refractivity contribution in [3.63, 3.8) is 0 Å². The molecule has 9 heteroatoms. The molecule has 8 nitrogen and oxygen atoms in total. The van der Waals surface area contributed by atoms with Gasteiger partial charge in [-0.25, -0.2) is 13.1 Å². The fraction of sp³-hybridized carbons (Fsp3) is 0.579. The van der Waals surface area contributed by atoms with Crippen LogP contribution in [0, 0.1) is 0 Å². The molecule has 1 aliphatic heterocycles. The average Bonchev–Trinajstić information content (AvgIpc) is 3.17. The van der Waals surface area contributed by atoms with E-state index < -0.39 is 22.2 Å².